The van der Waals surface area contributed by atoms with E-state index in [4.69, 9.17) is 0 Å². The SMILES string of the molecule is CC(=O)SCCC#Cc1ccc(C(F)(F)F)c([N+](=O)[O-])c1. The normalized spacial score (nSPS) is 10.7. The number of benzene rings is 1. The molecule has 0 N–H and O–H groups in total. The van der Waals surface area contributed by atoms with Crippen LogP contribution >= 0.6 is 11.8 Å². The molecule has 8 heteroatoms. The van der Waals surface area contributed by atoms with Gasteiger partial charge in [-0.2, -0.15) is 13.2 Å². The van der Waals surface area contributed by atoms with Crippen molar-refractivity contribution in [3.05, 3.63) is 39.4 Å². The van der Waals surface area contributed by atoms with Crippen LogP contribution in [0.15, 0.2) is 18.2 Å². The molecule has 0 heterocycles. The van der Waals surface area contributed by atoms with Crippen LogP contribution in [0, 0.1) is 22.0 Å². The lowest BCUT2D eigenvalue weighted by molar-refractivity contribution is -0.388. The Hall–Kier alpha value is -2.01. The van der Waals surface area contributed by atoms with Gasteiger partial charge < -0.3 is 0 Å². The van der Waals surface area contributed by atoms with Crippen molar-refractivity contribution < 1.29 is 22.9 Å². The quantitative estimate of drug-likeness (QED) is 0.370. The highest BCUT2D eigenvalue weighted by atomic mass is 32.2. The molecule has 0 saturated heterocycles. The number of hydrogen-bond donors (Lipinski definition) is 0. The molecular weight excluding hydrogens is 307 g/mol. The molecule has 1 aromatic carbocycles. The number of hydrogen-bond acceptors (Lipinski definition) is 4. The zero-order chi connectivity index (χ0) is 16.0. The second kappa shape index (κ2) is 7.13. The van der Waals surface area contributed by atoms with Crippen LogP contribution in [0.5, 0.6) is 0 Å². The Balaban J connectivity index is 2.92. The Morgan fingerprint density at radius 3 is 2.62 bits per heavy atom. The van der Waals surface area contributed by atoms with Crippen molar-refractivity contribution in [2.75, 3.05) is 5.75 Å². The first-order valence-electron chi connectivity index (χ1n) is 5.69. The average molecular weight is 317 g/mol. The van der Waals surface area contributed by atoms with E-state index >= 15 is 0 Å². The van der Waals surface area contributed by atoms with Crippen LogP contribution < -0.4 is 0 Å². The molecule has 0 aliphatic heterocycles. The van der Waals surface area contributed by atoms with Gasteiger partial charge in [0.05, 0.1) is 4.92 Å². The molecule has 0 bridgehead atoms. The molecule has 4 nitrogen and oxygen atoms in total. The molecule has 0 saturated carbocycles. The van der Waals surface area contributed by atoms with E-state index in [2.05, 4.69) is 11.8 Å². The summed E-state index contributed by atoms with van der Waals surface area (Å²) in [6.07, 6.45) is -4.43. The third kappa shape index (κ3) is 5.47. The van der Waals surface area contributed by atoms with Gasteiger partial charge in [-0.25, -0.2) is 0 Å². The summed E-state index contributed by atoms with van der Waals surface area (Å²) < 4.78 is 37.8. The molecule has 0 atom stereocenters. The second-order valence-electron chi connectivity index (χ2n) is 3.88. The maximum atomic E-state index is 12.6. The molecule has 0 unspecified atom stereocenters. The Kier molecular flexibility index (Phi) is 5.79. The molecule has 0 amide bonds. The second-order valence-corrected chi connectivity index (χ2v) is 5.15. The number of carbonyl (C=O) groups is 1. The Labute approximate surface area is 122 Å². The van der Waals surface area contributed by atoms with Crippen molar-refractivity contribution >= 4 is 22.6 Å². The van der Waals surface area contributed by atoms with Gasteiger partial charge in [0.25, 0.3) is 5.69 Å². The van der Waals surface area contributed by atoms with E-state index in [1.807, 2.05) is 0 Å². The van der Waals surface area contributed by atoms with Crippen molar-refractivity contribution in [2.45, 2.75) is 19.5 Å². The lowest BCUT2D eigenvalue weighted by atomic mass is 10.1. The van der Waals surface area contributed by atoms with Gasteiger partial charge in [-0.15, -0.1) is 0 Å². The van der Waals surface area contributed by atoms with Crippen molar-refractivity contribution in [1.29, 1.82) is 0 Å². The first-order chi connectivity index (χ1) is 9.71. The molecule has 0 radical (unpaired) electrons. The summed E-state index contributed by atoms with van der Waals surface area (Å²) in [4.78, 5) is 20.3. The summed E-state index contributed by atoms with van der Waals surface area (Å²) in [5.74, 6) is 5.66. The fraction of sp³-hybridized carbons (Fsp3) is 0.308. The van der Waals surface area contributed by atoms with Crippen LogP contribution in [0.25, 0.3) is 0 Å². The summed E-state index contributed by atoms with van der Waals surface area (Å²) in [5, 5.41) is 10.6. The molecule has 0 spiro atoms. The van der Waals surface area contributed by atoms with Gasteiger partial charge in [0.2, 0.25) is 0 Å². The number of rotatable bonds is 3. The first-order valence-corrected chi connectivity index (χ1v) is 6.68. The topological polar surface area (TPSA) is 60.2 Å². The van der Waals surface area contributed by atoms with Crippen molar-refractivity contribution in [3.8, 4) is 11.8 Å². The summed E-state index contributed by atoms with van der Waals surface area (Å²) in [5.41, 5.74) is -2.19. The summed E-state index contributed by atoms with van der Waals surface area (Å²) in [6.45, 7) is 1.41. The summed E-state index contributed by atoms with van der Waals surface area (Å²) >= 11 is 1.08. The smallest absolute Gasteiger partial charge is 0.288 e. The van der Waals surface area contributed by atoms with Crippen molar-refractivity contribution in [1.82, 2.24) is 0 Å². The Morgan fingerprint density at radius 2 is 2.10 bits per heavy atom. The van der Waals surface area contributed by atoms with Crippen LogP contribution in [-0.4, -0.2) is 15.8 Å². The van der Waals surface area contributed by atoms with E-state index < -0.39 is 22.4 Å². The predicted molar refractivity (Wildman–Crippen MR) is 72.7 cm³/mol. The largest absolute Gasteiger partial charge is 0.422 e. The minimum absolute atomic E-state index is 0.0537. The average Bonchev–Trinajstić information content (AvgIpc) is 2.36. The highest BCUT2D eigenvalue weighted by molar-refractivity contribution is 8.13. The number of alkyl halides is 3. The van der Waals surface area contributed by atoms with E-state index in [9.17, 15) is 28.1 Å². The highest BCUT2D eigenvalue weighted by Gasteiger charge is 2.38. The predicted octanol–water partition coefficient (Wildman–Crippen LogP) is 3.63. The maximum absolute atomic E-state index is 12.6. The van der Waals surface area contributed by atoms with Crippen LogP contribution in [-0.2, 0) is 11.0 Å². The minimum atomic E-state index is -4.79. The lowest BCUT2D eigenvalue weighted by Crippen LogP contribution is -2.08. The number of nitro benzene ring substituents is 1. The zero-order valence-electron chi connectivity index (χ0n) is 10.9. The first kappa shape index (κ1) is 17.0. The third-order valence-electron chi connectivity index (χ3n) is 2.26. The molecule has 1 rings (SSSR count). The number of carbonyl (C=O) groups excluding carboxylic acids is 1. The molecule has 1 aromatic rings. The fourth-order valence-electron chi connectivity index (χ4n) is 1.41. The molecule has 0 aliphatic rings. The molecule has 0 fully saturated rings. The summed E-state index contributed by atoms with van der Waals surface area (Å²) in [7, 11) is 0. The number of nitro groups is 1. The van der Waals surface area contributed by atoms with Gasteiger partial charge in [-0.3, -0.25) is 14.9 Å². The number of nitrogens with zero attached hydrogens (tertiary/aromatic N) is 1. The van der Waals surface area contributed by atoms with Gasteiger partial charge >= 0.3 is 6.18 Å². The van der Waals surface area contributed by atoms with Crippen LogP contribution in [0.2, 0.25) is 0 Å². The van der Waals surface area contributed by atoms with E-state index in [1.54, 1.807) is 0 Å². The van der Waals surface area contributed by atoms with E-state index in [-0.39, 0.29) is 10.7 Å². The van der Waals surface area contributed by atoms with Gasteiger partial charge in [0.1, 0.15) is 5.56 Å². The van der Waals surface area contributed by atoms with E-state index in [0.717, 1.165) is 23.9 Å². The molecular formula is C13H10F3NO3S. The molecule has 112 valence electrons. The van der Waals surface area contributed by atoms with Crippen molar-refractivity contribution in [3.63, 3.8) is 0 Å². The van der Waals surface area contributed by atoms with Gasteiger partial charge in [-0.05, 0) is 12.1 Å². The Morgan fingerprint density at radius 1 is 1.43 bits per heavy atom. The van der Waals surface area contributed by atoms with E-state index in [1.165, 1.54) is 6.92 Å². The minimum Gasteiger partial charge on any atom is -0.288 e. The van der Waals surface area contributed by atoms with Crippen LogP contribution in [0.4, 0.5) is 18.9 Å². The van der Waals surface area contributed by atoms with Gasteiger partial charge in [-0.1, -0.05) is 23.6 Å². The van der Waals surface area contributed by atoms with Crippen LogP contribution in [0.3, 0.4) is 0 Å². The van der Waals surface area contributed by atoms with Gasteiger partial charge in [0.15, 0.2) is 5.12 Å². The molecule has 0 aromatic heterocycles. The Bertz CT molecular complexity index is 617. The van der Waals surface area contributed by atoms with Gasteiger partial charge in [0, 0.05) is 30.7 Å². The molecule has 21 heavy (non-hydrogen) atoms. The molecule has 0 aliphatic carbocycles. The fourth-order valence-corrected chi connectivity index (χ4v) is 1.90. The number of thioether (sulfide) groups is 1. The van der Waals surface area contributed by atoms with Crippen molar-refractivity contribution in [2.24, 2.45) is 0 Å². The number of halogens is 3. The highest BCUT2D eigenvalue weighted by Crippen LogP contribution is 2.36. The van der Waals surface area contributed by atoms with Crippen LogP contribution in [0.1, 0.15) is 24.5 Å². The lowest BCUT2D eigenvalue weighted by Gasteiger charge is -2.07. The maximum Gasteiger partial charge on any atom is 0.422 e. The monoisotopic (exact) mass is 317 g/mol. The van der Waals surface area contributed by atoms with E-state index in [0.29, 0.717) is 18.2 Å². The third-order valence-corrected chi connectivity index (χ3v) is 3.08. The standard InChI is InChI=1S/C13H10F3NO3S/c1-9(18)21-7-3-2-4-10-5-6-11(13(14,15)16)12(8-10)17(19)20/h5-6,8H,3,7H2,1H3. The summed E-state index contributed by atoms with van der Waals surface area (Å²) in [6, 6.07) is 2.53. The zero-order valence-corrected chi connectivity index (χ0v) is 11.7.